The van der Waals surface area contributed by atoms with Crippen molar-refractivity contribution in [2.75, 3.05) is 19.0 Å². The van der Waals surface area contributed by atoms with E-state index in [2.05, 4.69) is 5.32 Å². The molecule has 0 aliphatic carbocycles. The van der Waals surface area contributed by atoms with Crippen molar-refractivity contribution < 1.29 is 14.3 Å². The molecule has 1 aromatic carbocycles. The van der Waals surface area contributed by atoms with E-state index in [1.54, 1.807) is 25.1 Å². The fourth-order valence-electron chi connectivity index (χ4n) is 2.20. The predicted molar refractivity (Wildman–Crippen MR) is 72.1 cm³/mol. The monoisotopic (exact) mass is 273 g/mol. The van der Waals surface area contributed by atoms with Gasteiger partial charge in [-0.3, -0.25) is 14.5 Å². The molecule has 0 aromatic heterocycles. The second kappa shape index (κ2) is 5.61. The molecular formula is C14H15N3O3. The number of ether oxygens (including phenoxy) is 1. The molecule has 0 spiro atoms. The fraction of sp³-hybridized carbons (Fsp3) is 0.357. The maximum Gasteiger partial charge on any atom is 0.252 e. The molecule has 2 rings (SSSR count). The van der Waals surface area contributed by atoms with Crippen molar-refractivity contribution in [3.05, 3.63) is 23.8 Å². The van der Waals surface area contributed by atoms with Crippen LogP contribution in [0.2, 0.25) is 0 Å². The molecule has 104 valence electrons. The summed E-state index contributed by atoms with van der Waals surface area (Å²) in [5.41, 5.74) is 1.06. The Morgan fingerprint density at radius 1 is 1.50 bits per heavy atom. The van der Waals surface area contributed by atoms with Gasteiger partial charge in [-0.2, -0.15) is 5.26 Å². The van der Waals surface area contributed by atoms with E-state index < -0.39 is 6.04 Å². The molecule has 0 bridgehead atoms. The zero-order valence-corrected chi connectivity index (χ0v) is 11.3. The molecule has 0 saturated carbocycles. The maximum absolute atomic E-state index is 12.0. The average Bonchev–Trinajstić information content (AvgIpc) is 2.73. The highest BCUT2D eigenvalue weighted by Crippen LogP contribution is 2.28. The first kappa shape index (κ1) is 13.9. The number of anilines is 1. The van der Waals surface area contributed by atoms with Crippen LogP contribution in [0.4, 0.5) is 5.69 Å². The van der Waals surface area contributed by atoms with Crippen LogP contribution in [0, 0.1) is 11.3 Å². The lowest BCUT2D eigenvalue weighted by molar-refractivity contribution is -0.138. The van der Waals surface area contributed by atoms with E-state index in [9.17, 15) is 9.59 Å². The lowest BCUT2D eigenvalue weighted by Crippen LogP contribution is -2.34. The number of amides is 2. The minimum atomic E-state index is -0.579. The van der Waals surface area contributed by atoms with Gasteiger partial charge in [-0.25, -0.2) is 0 Å². The topological polar surface area (TPSA) is 82.4 Å². The highest BCUT2D eigenvalue weighted by atomic mass is 16.5. The van der Waals surface area contributed by atoms with Gasteiger partial charge in [0.1, 0.15) is 11.8 Å². The smallest absolute Gasteiger partial charge is 0.252 e. The van der Waals surface area contributed by atoms with E-state index in [0.717, 1.165) is 0 Å². The molecule has 6 heteroatoms. The Morgan fingerprint density at radius 2 is 2.25 bits per heavy atom. The standard InChI is InChI=1S/C14H15N3O3/c1-3-17-13(18)7-11(14(17)19)16-10-5-4-9(8-15)6-12(10)20-2/h4-6,11,16H,3,7H2,1-2H3. The quantitative estimate of drug-likeness (QED) is 0.831. The molecule has 1 saturated heterocycles. The van der Waals surface area contributed by atoms with E-state index in [4.69, 9.17) is 10.00 Å². The zero-order chi connectivity index (χ0) is 14.7. The number of hydrogen-bond donors (Lipinski definition) is 1. The Hall–Kier alpha value is -2.55. The van der Waals surface area contributed by atoms with E-state index in [0.29, 0.717) is 23.5 Å². The maximum atomic E-state index is 12.0. The van der Waals surface area contributed by atoms with Crippen molar-refractivity contribution in [3.8, 4) is 11.8 Å². The fourth-order valence-corrected chi connectivity index (χ4v) is 2.20. The first-order valence-electron chi connectivity index (χ1n) is 6.29. The number of hydrogen-bond acceptors (Lipinski definition) is 5. The van der Waals surface area contributed by atoms with Crippen LogP contribution in [-0.2, 0) is 9.59 Å². The third kappa shape index (κ3) is 2.43. The van der Waals surface area contributed by atoms with Crippen molar-refractivity contribution in [2.24, 2.45) is 0 Å². The lowest BCUT2D eigenvalue weighted by atomic mass is 10.1. The number of imide groups is 1. The third-order valence-corrected chi connectivity index (χ3v) is 3.22. The van der Waals surface area contributed by atoms with Gasteiger partial charge in [0.15, 0.2) is 0 Å². The molecule has 1 unspecified atom stereocenters. The van der Waals surface area contributed by atoms with E-state index >= 15 is 0 Å². The largest absolute Gasteiger partial charge is 0.495 e. The highest BCUT2D eigenvalue weighted by molar-refractivity contribution is 6.06. The molecule has 0 radical (unpaired) electrons. The van der Waals surface area contributed by atoms with Gasteiger partial charge in [0, 0.05) is 12.6 Å². The lowest BCUT2D eigenvalue weighted by Gasteiger charge is -2.16. The Kier molecular flexibility index (Phi) is 3.89. The number of rotatable bonds is 4. The van der Waals surface area contributed by atoms with Crippen LogP contribution >= 0.6 is 0 Å². The number of nitriles is 1. The summed E-state index contributed by atoms with van der Waals surface area (Å²) in [6, 6.07) is 6.32. The minimum absolute atomic E-state index is 0.135. The number of likely N-dealkylation sites (tertiary alicyclic amines) is 1. The number of likely N-dealkylation sites (N-methyl/N-ethyl adjacent to an activating group) is 1. The molecule has 6 nitrogen and oxygen atoms in total. The molecule has 1 aromatic rings. The molecule has 1 fully saturated rings. The van der Waals surface area contributed by atoms with Crippen LogP contribution in [0.25, 0.3) is 0 Å². The molecule has 1 atom stereocenters. The van der Waals surface area contributed by atoms with Crippen molar-refractivity contribution in [1.29, 1.82) is 5.26 Å². The SMILES string of the molecule is CCN1C(=O)CC(Nc2ccc(C#N)cc2OC)C1=O. The Bertz CT molecular complexity index is 592. The van der Waals surface area contributed by atoms with Crippen LogP contribution in [0.5, 0.6) is 5.75 Å². The van der Waals surface area contributed by atoms with Gasteiger partial charge in [0.25, 0.3) is 5.91 Å². The summed E-state index contributed by atoms with van der Waals surface area (Å²) < 4.78 is 5.19. The number of carbonyl (C=O) groups is 2. The second-order valence-corrected chi connectivity index (χ2v) is 4.40. The summed E-state index contributed by atoms with van der Waals surface area (Å²) >= 11 is 0. The zero-order valence-electron chi connectivity index (χ0n) is 11.3. The van der Waals surface area contributed by atoms with Gasteiger partial charge in [0.2, 0.25) is 5.91 Å². The number of nitrogens with one attached hydrogen (secondary N) is 1. The van der Waals surface area contributed by atoms with Gasteiger partial charge >= 0.3 is 0 Å². The van der Waals surface area contributed by atoms with E-state index in [-0.39, 0.29) is 18.2 Å². The molecular weight excluding hydrogens is 258 g/mol. The molecule has 20 heavy (non-hydrogen) atoms. The van der Waals surface area contributed by atoms with Gasteiger partial charge in [-0.1, -0.05) is 0 Å². The third-order valence-electron chi connectivity index (χ3n) is 3.22. The predicted octanol–water partition coefficient (Wildman–Crippen LogP) is 1.13. The number of benzene rings is 1. The van der Waals surface area contributed by atoms with Crippen LogP contribution in [0.15, 0.2) is 18.2 Å². The minimum Gasteiger partial charge on any atom is -0.495 e. The van der Waals surface area contributed by atoms with Crippen LogP contribution in [0.1, 0.15) is 18.9 Å². The van der Waals surface area contributed by atoms with Crippen LogP contribution in [0.3, 0.4) is 0 Å². The van der Waals surface area contributed by atoms with E-state index in [1.807, 2.05) is 6.07 Å². The normalized spacial score (nSPS) is 18.1. The van der Waals surface area contributed by atoms with E-state index in [1.165, 1.54) is 12.0 Å². The van der Waals surface area contributed by atoms with Crippen molar-refractivity contribution in [3.63, 3.8) is 0 Å². The van der Waals surface area contributed by atoms with Crippen molar-refractivity contribution in [2.45, 2.75) is 19.4 Å². The summed E-state index contributed by atoms with van der Waals surface area (Å²) in [4.78, 5) is 24.9. The summed E-state index contributed by atoms with van der Waals surface area (Å²) in [5, 5.41) is 11.9. The summed E-state index contributed by atoms with van der Waals surface area (Å²) in [6.07, 6.45) is 0.135. The van der Waals surface area contributed by atoms with Gasteiger partial charge in [0.05, 0.1) is 30.9 Å². The average molecular weight is 273 g/mol. The number of carbonyl (C=O) groups excluding carboxylic acids is 2. The summed E-state index contributed by atoms with van der Waals surface area (Å²) in [7, 11) is 1.49. The van der Waals surface area contributed by atoms with Gasteiger partial charge in [-0.15, -0.1) is 0 Å². The van der Waals surface area contributed by atoms with Crippen LogP contribution in [-0.4, -0.2) is 36.4 Å². The van der Waals surface area contributed by atoms with Crippen molar-refractivity contribution >= 4 is 17.5 Å². The number of nitrogens with zero attached hydrogens (tertiary/aromatic N) is 2. The van der Waals surface area contributed by atoms with Crippen molar-refractivity contribution in [1.82, 2.24) is 4.90 Å². The van der Waals surface area contributed by atoms with Gasteiger partial charge in [-0.05, 0) is 19.1 Å². The molecule has 1 aliphatic heterocycles. The highest BCUT2D eigenvalue weighted by Gasteiger charge is 2.37. The Labute approximate surface area is 116 Å². The second-order valence-electron chi connectivity index (χ2n) is 4.40. The first-order valence-corrected chi connectivity index (χ1v) is 6.29. The number of methoxy groups -OCH3 is 1. The molecule has 1 heterocycles. The molecule has 1 aliphatic rings. The Balaban J connectivity index is 2.21. The van der Waals surface area contributed by atoms with Crippen LogP contribution < -0.4 is 10.1 Å². The summed E-state index contributed by atoms with van der Waals surface area (Å²) in [6.45, 7) is 2.14. The van der Waals surface area contributed by atoms with Gasteiger partial charge < -0.3 is 10.1 Å². The first-order chi connectivity index (χ1) is 9.60. The molecule has 1 N–H and O–H groups in total. The summed E-state index contributed by atoms with van der Waals surface area (Å²) in [5.74, 6) is 0.0609. The Morgan fingerprint density at radius 3 is 2.80 bits per heavy atom. The molecule has 2 amide bonds.